The summed E-state index contributed by atoms with van der Waals surface area (Å²) in [5.41, 5.74) is 0.596. The predicted molar refractivity (Wildman–Crippen MR) is 91.4 cm³/mol. The van der Waals surface area contributed by atoms with E-state index in [0.717, 1.165) is 12.1 Å². The second-order valence-corrected chi connectivity index (χ2v) is 5.73. The minimum atomic E-state index is -1.15. The topological polar surface area (TPSA) is 72.5 Å². The molecule has 1 amide bonds. The summed E-state index contributed by atoms with van der Waals surface area (Å²) in [6.45, 7) is 2.80. The summed E-state index contributed by atoms with van der Waals surface area (Å²) < 4.78 is 18.6. The Kier molecular flexibility index (Phi) is 5.88. The smallest absolute Gasteiger partial charge is 0.341 e. The van der Waals surface area contributed by atoms with Gasteiger partial charge in [0.25, 0.3) is 5.91 Å². The molecule has 2 aromatic rings. The van der Waals surface area contributed by atoms with Crippen molar-refractivity contribution in [1.82, 2.24) is 0 Å². The van der Waals surface area contributed by atoms with Crippen molar-refractivity contribution < 1.29 is 23.5 Å². The minimum absolute atomic E-state index is 0.0938. The van der Waals surface area contributed by atoms with Gasteiger partial charge in [-0.3, -0.25) is 9.59 Å². The molecule has 0 bridgehead atoms. The Morgan fingerprint density at radius 1 is 1.12 bits per heavy atom. The molecule has 0 saturated heterocycles. The van der Waals surface area contributed by atoms with Crippen LogP contribution in [0.4, 0.5) is 10.1 Å². The van der Waals surface area contributed by atoms with E-state index in [1.807, 2.05) is 0 Å². The van der Waals surface area contributed by atoms with Crippen LogP contribution in [0.5, 0.6) is 0 Å². The van der Waals surface area contributed by atoms with Crippen LogP contribution < -0.4 is 5.32 Å². The molecule has 0 fully saturated rings. The normalized spacial score (nSPS) is 11.5. The first-order valence-corrected chi connectivity index (χ1v) is 7.73. The van der Waals surface area contributed by atoms with Crippen molar-refractivity contribution in [3.8, 4) is 0 Å². The molecule has 1 N–H and O–H groups in total. The summed E-state index contributed by atoms with van der Waals surface area (Å²) >= 11 is 5.72. The average Bonchev–Trinajstić information content (AvgIpc) is 2.57. The van der Waals surface area contributed by atoms with Gasteiger partial charge < -0.3 is 10.1 Å². The van der Waals surface area contributed by atoms with Crippen LogP contribution in [-0.2, 0) is 9.53 Å². The number of nitrogens with one attached hydrogen (secondary N) is 1. The van der Waals surface area contributed by atoms with Gasteiger partial charge in [-0.05, 0) is 56.3 Å². The number of ketones is 1. The number of halogens is 2. The van der Waals surface area contributed by atoms with Crippen molar-refractivity contribution in [3.05, 3.63) is 64.4 Å². The number of carbonyl (C=O) groups is 3. The van der Waals surface area contributed by atoms with E-state index < -0.39 is 23.8 Å². The third kappa shape index (κ3) is 4.87. The van der Waals surface area contributed by atoms with Crippen molar-refractivity contribution in [1.29, 1.82) is 0 Å². The van der Waals surface area contributed by atoms with E-state index in [1.165, 1.54) is 19.9 Å². The highest BCUT2D eigenvalue weighted by molar-refractivity contribution is 6.30. The van der Waals surface area contributed by atoms with E-state index in [2.05, 4.69) is 5.32 Å². The van der Waals surface area contributed by atoms with Gasteiger partial charge >= 0.3 is 5.97 Å². The largest absolute Gasteiger partial charge is 0.449 e. The minimum Gasteiger partial charge on any atom is -0.449 e. The molecule has 2 aromatic carbocycles. The quantitative estimate of drug-likeness (QED) is 0.646. The van der Waals surface area contributed by atoms with Gasteiger partial charge in [-0.1, -0.05) is 11.6 Å². The molecule has 130 valence electrons. The molecule has 7 heteroatoms. The summed E-state index contributed by atoms with van der Waals surface area (Å²) in [6.07, 6.45) is -1.15. The van der Waals surface area contributed by atoms with Gasteiger partial charge in [0.15, 0.2) is 11.9 Å². The van der Waals surface area contributed by atoms with E-state index in [-0.39, 0.29) is 16.4 Å². The zero-order chi connectivity index (χ0) is 18.6. The van der Waals surface area contributed by atoms with E-state index in [4.69, 9.17) is 16.3 Å². The first-order valence-electron chi connectivity index (χ1n) is 7.36. The van der Waals surface area contributed by atoms with Gasteiger partial charge in [-0.25, -0.2) is 9.18 Å². The van der Waals surface area contributed by atoms with Crippen LogP contribution in [0.3, 0.4) is 0 Å². The molecular weight excluding hydrogens is 349 g/mol. The molecule has 0 spiro atoms. The van der Waals surface area contributed by atoms with Gasteiger partial charge in [0.05, 0.1) is 5.56 Å². The number of amides is 1. The van der Waals surface area contributed by atoms with Gasteiger partial charge in [0.1, 0.15) is 5.82 Å². The Morgan fingerprint density at radius 3 is 2.36 bits per heavy atom. The van der Waals surface area contributed by atoms with Crippen molar-refractivity contribution in [2.75, 3.05) is 5.32 Å². The van der Waals surface area contributed by atoms with E-state index in [9.17, 15) is 18.8 Å². The average molecular weight is 364 g/mol. The molecule has 0 aliphatic heterocycles. The van der Waals surface area contributed by atoms with Gasteiger partial charge in [-0.2, -0.15) is 0 Å². The lowest BCUT2D eigenvalue weighted by Crippen LogP contribution is -2.30. The van der Waals surface area contributed by atoms with E-state index in [0.29, 0.717) is 11.3 Å². The molecule has 0 aliphatic rings. The Hall–Kier alpha value is -2.73. The Labute approximate surface area is 148 Å². The van der Waals surface area contributed by atoms with Crippen molar-refractivity contribution in [2.24, 2.45) is 0 Å². The van der Waals surface area contributed by atoms with E-state index in [1.54, 1.807) is 24.3 Å². The van der Waals surface area contributed by atoms with E-state index >= 15 is 0 Å². The van der Waals surface area contributed by atoms with Gasteiger partial charge in [-0.15, -0.1) is 0 Å². The molecule has 0 saturated carbocycles. The second-order valence-electron chi connectivity index (χ2n) is 5.29. The second kappa shape index (κ2) is 7.90. The highest BCUT2D eigenvalue weighted by atomic mass is 35.5. The number of hydrogen-bond donors (Lipinski definition) is 1. The predicted octanol–water partition coefficient (Wildman–Crippen LogP) is 3.87. The lowest BCUT2D eigenvalue weighted by Gasteiger charge is -2.14. The molecule has 1 atom stereocenters. The maximum absolute atomic E-state index is 13.6. The summed E-state index contributed by atoms with van der Waals surface area (Å²) in [5.74, 6) is -2.47. The summed E-state index contributed by atoms with van der Waals surface area (Å²) in [7, 11) is 0. The number of Topliss-reactive ketones (excluding diaryl/α,β-unsaturated/α-hetero) is 1. The lowest BCUT2D eigenvalue weighted by molar-refractivity contribution is -0.123. The lowest BCUT2D eigenvalue weighted by atomic mass is 10.1. The maximum atomic E-state index is 13.6. The molecule has 0 aromatic heterocycles. The zero-order valence-electron chi connectivity index (χ0n) is 13.5. The van der Waals surface area contributed by atoms with Crippen molar-refractivity contribution in [3.63, 3.8) is 0 Å². The van der Waals surface area contributed by atoms with Crippen molar-refractivity contribution >= 4 is 34.9 Å². The summed E-state index contributed by atoms with van der Waals surface area (Å²) in [4.78, 5) is 35.3. The number of anilines is 1. The Morgan fingerprint density at radius 2 is 1.76 bits per heavy atom. The summed E-state index contributed by atoms with van der Waals surface area (Å²) in [5, 5.41) is 2.72. The molecule has 2 rings (SSSR count). The van der Waals surface area contributed by atoms with Crippen LogP contribution in [0.25, 0.3) is 0 Å². The monoisotopic (exact) mass is 363 g/mol. The number of benzene rings is 2. The highest BCUT2D eigenvalue weighted by Crippen LogP contribution is 2.17. The van der Waals surface area contributed by atoms with Crippen LogP contribution in [0.15, 0.2) is 42.5 Å². The molecular formula is C18H15ClFNO4. The Bertz CT molecular complexity index is 820. The third-order valence-corrected chi connectivity index (χ3v) is 3.60. The molecule has 0 radical (unpaired) electrons. The standard InChI is InChI=1S/C18H15ClFNO4/c1-10(22)12-3-6-14(7-4-12)21-17(23)11(2)25-18(24)15-9-13(19)5-8-16(15)20/h3-9,11H,1-2H3,(H,21,23)/t11-/m0/s1. The number of carbonyl (C=O) groups excluding carboxylic acids is 3. The van der Waals surface area contributed by atoms with Crippen LogP contribution in [0.1, 0.15) is 34.6 Å². The molecule has 0 unspecified atom stereocenters. The summed E-state index contributed by atoms with van der Waals surface area (Å²) in [6, 6.07) is 9.71. The third-order valence-electron chi connectivity index (χ3n) is 3.36. The van der Waals surface area contributed by atoms with Gasteiger partial charge in [0.2, 0.25) is 0 Å². The Balaban J connectivity index is 2.01. The number of hydrogen-bond acceptors (Lipinski definition) is 4. The SMILES string of the molecule is CC(=O)c1ccc(NC(=O)[C@H](C)OC(=O)c2cc(Cl)ccc2F)cc1. The highest BCUT2D eigenvalue weighted by Gasteiger charge is 2.21. The fraction of sp³-hybridized carbons (Fsp3) is 0.167. The van der Waals surface area contributed by atoms with Crippen LogP contribution >= 0.6 is 11.6 Å². The fourth-order valence-electron chi connectivity index (χ4n) is 1.96. The molecule has 25 heavy (non-hydrogen) atoms. The number of ether oxygens (including phenoxy) is 1. The molecule has 0 heterocycles. The van der Waals surface area contributed by atoms with Crippen LogP contribution in [0.2, 0.25) is 5.02 Å². The number of esters is 1. The first kappa shape index (κ1) is 18.6. The van der Waals surface area contributed by atoms with Crippen molar-refractivity contribution in [2.45, 2.75) is 20.0 Å². The van der Waals surface area contributed by atoms with Crippen LogP contribution in [-0.4, -0.2) is 23.8 Å². The van der Waals surface area contributed by atoms with Gasteiger partial charge in [0, 0.05) is 16.3 Å². The fourth-order valence-corrected chi connectivity index (χ4v) is 2.14. The number of rotatable bonds is 5. The molecule has 0 aliphatic carbocycles. The maximum Gasteiger partial charge on any atom is 0.341 e. The zero-order valence-corrected chi connectivity index (χ0v) is 14.3. The first-order chi connectivity index (χ1) is 11.8. The van der Waals surface area contributed by atoms with Crippen LogP contribution in [0, 0.1) is 5.82 Å². The molecule has 5 nitrogen and oxygen atoms in total.